The molecule has 0 spiro atoms. The van der Waals surface area contributed by atoms with Crippen LogP contribution in [0, 0.1) is 0 Å². The first kappa shape index (κ1) is 19.3. The Hall–Kier alpha value is -1.47. The normalized spacial score (nSPS) is 25.2. The minimum Gasteiger partial charge on any atom is -0.379 e. The number of hydrogen-bond acceptors (Lipinski definition) is 5. The average Bonchev–Trinajstić information content (AvgIpc) is 2.61. The van der Waals surface area contributed by atoms with Gasteiger partial charge in [-0.15, -0.1) is 0 Å². The van der Waals surface area contributed by atoms with Crippen molar-refractivity contribution >= 4 is 5.91 Å². The Bertz CT molecular complexity index is 562. The standard InChI is InChI=1S/C20H31N3O3/c1-16-12-23(13-17(2)26-16)15-20(24)21-11-18-3-5-19(6-4-18)14-22-7-9-25-10-8-22/h3-6,16-17H,7-15H2,1-2H3,(H,21,24)/t16-,17+. The summed E-state index contributed by atoms with van der Waals surface area (Å²) in [6, 6.07) is 8.52. The highest BCUT2D eigenvalue weighted by molar-refractivity contribution is 5.78. The van der Waals surface area contributed by atoms with Crippen molar-refractivity contribution in [3.05, 3.63) is 35.4 Å². The molecule has 2 fully saturated rings. The van der Waals surface area contributed by atoms with E-state index >= 15 is 0 Å². The van der Waals surface area contributed by atoms with Crippen LogP contribution in [0.5, 0.6) is 0 Å². The smallest absolute Gasteiger partial charge is 0.234 e. The van der Waals surface area contributed by atoms with E-state index in [1.807, 2.05) is 0 Å². The maximum absolute atomic E-state index is 12.2. The number of amides is 1. The van der Waals surface area contributed by atoms with Crippen LogP contribution in [0.3, 0.4) is 0 Å². The lowest BCUT2D eigenvalue weighted by molar-refractivity contribution is -0.126. The van der Waals surface area contributed by atoms with Gasteiger partial charge in [0, 0.05) is 39.3 Å². The van der Waals surface area contributed by atoms with Crippen molar-refractivity contribution in [2.45, 2.75) is 39.1 Å². The van der Waals surface area contributed by atoms with Crippen LogP contribution >= 0.6 is 0 Å². The monoisotopic (exact) mass is 361 g/mol. The van der Waals surface area contributed by atoms with Crippen LogP contribution in [0.4, 0.5) is 0 Å². The number of nitrogens with zero attached hydrogens (tertiary/aromatic N) is 2. The highest BCUT2D eigenvalue weighted by Gasteiger charge is 2.23. The molecule has 2 atom stereocenters. The third kappa shape index (κ3) is 6.06. The van der Waals surface area contributed by atoms with Crippen molar-refractivity contribution in [3.63, 3.8) is 0 Å². The molecule has 1 amide bonds. The summed E-state index contributed by atoms with van der Waals surface area (Å²) in [5.74, 6) is 0.0729. The summed E-state index contributed by atoms with van der Waals surface area (Å²) < 4.78 is 11.1. The van der Waals surface area contributed by atoms with Gasteiger partial charge in [-0.1, -0.05) is 24.3 Å². The van der Waals surface area contributed by atoms with Gasteiger partial charge in [-0.2, -0.15) is 0 Å². The lowest BCUT2D eigenvalue weighted by atomic mass is 10.1. The lowest BCUT2D eigenvalue weighted by Crippen LogP contribution is -2.49. The van der Waals surface area contributed by atoms with Gasteiger partial charge in [0.15, 0.2) is 0 Å². The summed E-state index contributed by atoms with van der Waals surface area (Å²) >= 11 is 0. The van der Waals surface area contributed by atoms with E-state index in [1.165, 1.54) is 5.56 Å². The van der Waals surface area contributed by atoms with E-state index in [0.717, 1.165) is 51.5 Å². The number of nitrogens with one attached hydrogen (secondary N) is 1. The van der Waals surface area contributed by atoms with Gasteiger partial charge in [0.25, 0.3) is 0 Å². The van der Waals surface area contributed by atoms with Crippen molar-refractivity contribution in [1.29, 1.82) is 0 Å². The molecule has 2 saturated heterocycles. The highest BCUT2D eigenvalue weighted by Crippen LogP contribution is 2.11. The Morgan fingerprint density at radius 1 is 1.04 bits per heavy atom. The van der Waals surface area contributed by atoms with E-state index in [-0.39, 0.29) is 18.1 Å². The Kier molecular flexibility index (Phi) is 7.02. The van der Waals surface area contributed by atoms with Gasteiger partial charge < -0.3 is 14.8 Å². The lowest BCUT2D eigenvalue weighted by Gasteiger charge is -2.34. The maximum Gasteiger partial charge on any atom is 0.234 e. The second-order valence-electron chi connectivity index (χ2n) is 7.43. The molecule has 1 aromatic rings. The fourth-order valence-corrected chi connectivity index (χ4v) is 3.65. The molecule has 0 aliphatic carbocycles. The molecule has 6 heteroatoms. The molecule has 0 aromatic heterocycles. The number of carbonyl (C=O) groups is 1. The van der Waals surface area contributed by atoms with Crippen molar-refractivity contribution < 1.29 is 14.3 Å². The molecule has 2 aliphatic rings. The van der Waals surface area contributed by atoms with Crippen LogP contribution in [0.2, 0.25) is 0 Å². The molecule has 6 nitrogen and oxygen atoms in total. The van der Waals surface area contributed by atoms with Gasteiger partial charge in [-0.3, -0.25) is 14.6 Å². The predicted octanol–water partition coefficient (Wildman–Crippen LogP) is 1.24. The molecule has 3 rings (SSSR count). The van der Waals surface area contributed by atoms with Gasteiger partial charge in [0.1, 0.15) is 0 Å². The molecule has 1 N–H and O–H groups in total. The molecule has 0 radical (unpaired) electrons. The fraction of sp³-hybridized carbons (Fsp3) is 0.650. The zero-order chi connectivity index (χ0) is 18.4. The van der Waals surface area contributed by atoms with Gasteiger partial charge in [-0.05, 0) is 25.0 Å². The zero-order valence-electron chi connectivity index (χ0n) is 15.9. The topological polar surface area (TPSA) is 54.0 Å². The van der Waals surface area contributed by atoms with Crippen LogP contribution in [0.25, 0.3) is 0 Å². The molecule has 2 heterocycles. The van der Waals surface area contributed by atoms with Crippen LogP contribution in [0.1, 0.15) is 25.0 Å². The van der Waals surface area contributed by atoms with E-state index < -0.39 is 0 Å². The third-order valence-corrected chi connectivity index (χ3v) is 4.88. The summed E-state index contributed by atoms with van der Waals surface area (Å²) in [5, 5.41) is 3.03. The van der Waals surface area contributed by atoms with Crippen LogP contribution in [-0.4, -0.2) is 73.9 Å². The molecular weight excluding hydrogens is 330 g/mol. The molecule has 1 aromatic carbocycles. The minimum absolute atomic E-state index is 0.0729. The largest absolute Gasteiger partial charge is 0.379 e. The Labute approximate surface area is 156 Å². The Morgan fingerprint density at radius 2 is 1.65 bits per heavy atom. The molecule has 0 unspecified atom stereocenters. The summed E-state index contributed by atoms with van der Waals surface area (Å²) in [6.07, 6.45) is 0.371. The maximum atomic E-state index is 12.2. The Morgan fingerprint density at radius 3 is 2.31 bits per heavy atom. The van der Waals surface area contributed by atoms with E-state index in [1.54, 1.807) is 0 Å². The minimum atomic E-state index is 0.0729. The number of carbonyl (C=O) groups excluding carboxylic acids is 1. The molecular formula is C20H31N3O3. The summed E-state index contributed by atoms with van der Waals surface area (Å²) in [6.45, 7) is 11.4. The van der Waals surface area contributed by atoms with Crippen LogP contribution in [-0.2, 0) is 27.4 Å². The van der Waals surface area contributed by atoms with Gasteiger partial charge in [-0.25, -0.2) is 0 Å². The number of benzene rings is 1. The number of morpholine rings is 2. The van der Waals surface area contributed by atoms with Crippen molar-refractivity contribution in [2.24, 2.45) is 0 Å². The van der Waals surface area contributed by atoms with E-state index in [4.69, 9.17) is 9.47 Å². The van der Waals surface area contributed by atoms with E-state index in [0.29, 0.717) is 13.1 Å². The second kappa shape index (κ2) is 9.46. The summed E-state index contributed by atoms with van der Waals surface area (Å²) in [7, 11) is 0. The zero-order valence-corrected chi connectivity index (χ0v) is 15.9. The first-order valence-electron chi connectivity index (χ1n) is 9.61. The molecule has 0 bridgehead atoms. The van der Waals surface area contributed by atoms with Crippen LogP contribution in [0.15, 0.2) is 24.3 Å². The van der Waals surface area contributed by atoms with Crippen molar-refractivity contribution in [1.82, 2.24) is 15.1 Å². The molecule has 144 valence electrons. The number of rotatable bonds is 6. The molecule has 2 aliphatic heterocycles. The number of hydrogen-bond donors (Lipinski definition) is 1. The fourth-order valence-electron chi connectivity index (χ4n) is 3.65. The van der Waals surface area contributed by atoms with Crippen LogP contribution < -0.4 is 5.32 Å². The predicted molar refractivity (Wildman–Crippen MR) is 101 cm³/mol. The van der Waals surface area contributed by atoms with E-state index in [9.17, 15) is 4.79 Å². The Balaban J connectivity index is 1.40. The summed E-state index contributed by atoms with van der Waals surface area (Å²) in [4.78, 5) is 16.8. The van der Waals surface area contributed by atoms with Crippen molar-refractivity contribution in [3.8, 4) is 0 Å². The van der Waals surface area contributed by atoms with Crippen molar-refractivity contribution in [2.75, 3.05) is 45.9 Å². The third-order valence-electron chi connectivity index (χ3n) is 4.88. The van der Waals surface area contributed by atoms with Gasteiger partial charge in [0.2, 0.25) is 5.91 Å². The number of ether oxygens (including phenoxy) is 2. The summed E-state index contributed by atoms with van der Waals surface area (Å²) in [5.41, 5.74) is 2.44. The molecule has 0 saturated carbocycles. The quantitative estimate of drug-likeness (QED) is 0.826. The molecule has 26 heavy (non-hydrogen) atoms. The second-order valence-corrected chi connectivity index (χ2v) is 7.43. The van der Waals surface area contributed by atoms with Gasteiger partial charge >= 0.3 is 0 Å². The average molecular weight is 361 g/mol. The van der Waals surface area contributed by atoms with E-state index in [2.05, 4.69) is 53.2 Å². The highest BCUT2D eigenvalue weighted by atomic mass is 16.5. The first-order chi connectivity index (χ1) is 12.6. The van der Waals surface area contributed by atoms with Gasteiger partial charge in [0.05, 0.1) is 32.0 Å². The SMILES string of the molecule is C[C@@H]1CN(CC(=O)NCc2ccc(CN3CCOCC3)cc2)C[C@H](C)O1. The first-order valence-corrected chi connectivity index (χ1v) is 9.61.